The Morgan fingerprint density at radius 3 is 2.68 bits per heavy atom. The Balaban J connectivity index is 1.70. The zero-order valence-electron chi connectivity index (χ0n) is 15.7. The van der Waals surface area contributed by atoms with E-state index < -0.39 is 5.97 Å². The predicted molar refractivity (Wildman–Crippen MR) is 104 cm³/mol. The molecule has 1 fully saturated rings. The molecule has 1 heterocycles. The van der Waals surface area contributed by atoms with Gasteiger partial charge in [-0.2, -0.15) is 0 Å². The van der Waals surface area contributed by atoms with Gasteiger partial charge in [-0.25, -0.2) is 9.18 Å². The van der Waals surface area contributed by atoms with Gasteiger partial charge in [-0.05, 0) is 42.3 Å². The molecule has 0 spiro atoms. The first-order valence-corrected chi connectivity index (χ1v) is 9.16. The summed E-state index contributed by atoms with van der Waals surface area (Å²) in [6, 6.07) is 11.4. The standard InChI is InChI=1S/C21H23FN2O4/c1-27-21(26)18-14-17(24-9-11-28-12-10-24)6-7-19(18)23-20(25)8-5-15-3-2-4-16(22)13-15/h2-4,6-7,13-14H,5,8-12H2,1H3,(H,23,25). The summed E-state index contributed by atoms with van der Waals surface area (Å²) in [5.74, 6) is -1.10. The fraction of sp³-hybridized carbons (Fsp3) is 0.333. The van der Waals surface area contributed by atoms with Gasteiger partial charge in [-0.3, -0.25) is 4.79 Å². The van der Waals surface area contributed by atoms with E-state index in [4.69, 9.17) is 9.47 Å². The van der Waals surface area contributed by atoms with Crippen LogP contribution in [0.15, 0.2) is 42.5 Å². The molecule has 1 amide bonds. The molecule has 28 heavy (non-hydrogen) atoms. The Bertz CT molecular complexity index is 850. The van der Waals surface area contributed by atoms with Gasteiger partial charge in [-0.1, -0.05) is 12.1 Å². The van der Waals surface area contributed by atoms with Crippen LogP contribution in [0.5, 0.6) is 0 Å². The lowest BCUT2D eigenvalue weighted by Gasteiger charge is -2.29. The molecule has 0 radical (unpaired) electrons. The van der Waals surface area contributed by atoms with Crippen LogP contribution in [-0.4, -0.2) is 45.3 Å². The van der Waals surface area contributed by atoms with Gasteiger partial charge >= 0.3 is 5.97 Å². The summed E-state index contributed by atoms with van der Waals surface area (Å²) < 4.78 is 23.5. The second-order valence-corrected chi connectivity index (χ2v) is 6.50. The van der Waals surface area contributed by atoms with Gasteiger partial charge in [0.05, 0.1) is 31.6 Å². The number of anilines is 2. The number of halogens is 1. The highest BCUT2D eigenvalue weighted by atomic mass is 19.1. The number of nitrogens with one attached hydrogen (secondary N) is 1. The Kier molecular flexibility index (Phi) is 6.60. The van der Waals surface area contributed by atoms with E-state index in [1.54, 1.807) is 24.3 Å². The highest BCUT2D eigenvalue weighted by Gasteiger charge is 2.18. The maximum absolute atomic E-state index is 13.2. The number of ether oxygens (including phenoxy) is 2. The van der Waals surface area contributed by atoms with Crippen molar-refractivity contribution in [2.45, 2.75) is 12.8 Å². The normalized spacial score (nSPS) is 13.9. The van der Waals surface area contributed by atoms with Crippen LogP contribution in [0.1, 0.15) is 22.3 Å². The van der Waals surface area contributed by atoms with Crippen LogP contribution in [0, 0.1) is 5.82 Å². The molecular formula is C21H23FN2O4. The first-order valence-electron chi connectivity index (χ1n) is 9.16. The Morgan fingerprint density at radius 1 is 1.18 bits per heavy atom. The lowest BCUT2D eigenvalue weighted by molar-refractivity contribution is -0.116. The van der Waals surface area contributed by atoms with Crippen LogP contribution in [0.4, 0.5) is 15.8 Å². The third kappa shape index (κ3) is 5.07. The average Bonchev–Trinajstić information content (AvgIpc) is 2.72. The summed E-state index contributed by atoms with van der Waals surface area (Å²) in [7, 11) is 1.30. The van der Waals surface area contributed by atoms with Gasteiger partial charge in [0, 0.05) is 25.2 Å². The van der Waals surface area contributed by atoms with Gasteiger partial charge < -0.3 is 19.7 Å². The maximum Gasteiger partial charge on any atom is 0.340 e. The van der Waals surface area contributed by atoms with E-state index in [1.165, 1.54) is 19.2 Å². The van der Waals surface area contributed by atoms with E-state index in [0.29, 0.717) is 30.9 Å². The monoisotopic (exact) mass is 386 g/mol. The van der Waals surface area contributed by atoms with Gasteiger partial charge in [0.1, 0.15) is 5.82 Å². The van der Waals surface area contributed by atoms with Crippen molar-refractivity contribution in [3.63, 3.8) is 0 Å². The Hall–Kier alpha value is -2.93. The van der Waals surface area contributed by atoms with Crippen molar-refractivity contribution in [3.8, 4) is 0 Å². The second-order valence-electron chi connectivity index (χ2n) is 6.50. The number of rotatable bonds is 6. The molecule has 2 aromatic rings. The highest BCUT2D eigenvalue weighted by Crippen LogP contribution is 2.25. The quantitative estimate of drug-likeness (QED) is 0.773. The minimum absolute atomic E-state index is 0.176. The minimum Gasteiger partial charge on any atom is -0.465 e. The summed E-state index contributed by atoms with van der Waals surface area (Å²) in [5.41, 5.74) is 2.31. The number of amides is 1. The lowest BCUT2D eigenvalue weighted by atomic mass is 10.1. The number of methoxy groups -OCH3 is 1. The molecule has 0 atom stereocenters. The van der Waals surface area contributed by atoms with Crippen LogP contribution >= 0.6 is 0 Å². The molecule has 7 heteroatoms. The molecule has 0 saturated carbocycles. The zero-order valence-corrected chi connectivity index (χ0v) is 15.7. The fourth-order valence-corrected chi connectivity index (χ4v) is 3.10. The van der Waals surface area contributed by atoms with Crippen molar-refractivity contribution in [3.05, 3.63) is 59.4 Å². The van der Waals surface area contributed by atoms with Crippen LogP contribution in [0.2, 0.25) is 0 Å². The van der Waals surface area contributed by atoms with Gasteiger partial charge in [0.2, 0.25) is 5.91 Å². The van der Waals surface area contributed by atoms with Gasteiger partial charge in [-0.15, -0.1) is 0 Å². The van der Waals surface area contributed by atoms with E-state index in [-0.39, 0.29) is 18.1 Å². The molecule has 6 nitrogen and oxygen atoms in total. The van der Waals surface area contributed by atoms with E-state index >= 15 is 0 Å². The molecule has 3 rings (SSSR count). The number of esters is 1. The van der Waals surface area contributed by atoms with Crippen LogP contribution < -0.4 is 10.2 Å². The maximum atomic E-state index is 13.2. The number of hydrogen-bond acceptors (Lipinski definition) is 5. The highest BCUT2D eigenvalue weighted by molar-refractivity contribution is 6.02. The predicted octanol–water partition coefficient (Wildman–Crippen LogP) is 3.02. The number of aryl methyl sites for hydroxylation is 1. The number of carbonyl (C=O) groups is 2. The molecule has 0 aliphatic carbocycles. The van der Waals surface area contributed by atoms with Crippen molar-refractivity contribution in [2.75, 3.05) is 43.6 Å². The van der Waals surface area contributed by atoms with Crippen molar-refractivity contribution in [1.82, 2.24) is 0 Å². The molecule has 0 bridgehead atoms. The minimum atomic E-state index is -0.518. The molecule has 1 aliphatic rings. The first-order chi connectivity index (χ1) is 13.6. The average molecular weight is 386 g/mol. The van der Waals surface area contributed by atoms with Gasteiger partial charge in [0.25, 0.3) is 0 Å². The van der Waals surface area contributed by atoms with E-state index in [2.05, 4.69) is 10.2 Å². The van der Waals surface area contributed by atoms with E-state index in [9.17, 15) is 14.0 Å². The molecule has 1 aliphatic heterocycles. The van der Waals surface area contributed by atoms with Crippen molar-refractivity contribution >= 4 is 23.3 Å². The molecule has 2 aromatic carbocycles. The molecule has 148 valence electrons. The largest absolute Gasteiger partial charge is 0.465 e. The number of benzene rings is 2. The Morgan fingerprint density at radius 2 is 1.96 bits per heavy atom. The first kappa shape index (κ1) is 19.8. The SMILES string of the molecule is COC(=O)c1cc(N2CCOCC2)ccc1NC(=O)CCc1cccc(F)c1. The number of carbonyl (C=O) groups excluding carboxylic acids is 2. The molecule has 1 saturated heterocycles. The van der Waals surface area contributed by atoms with Crippen molar-refractivity contribution in [2.24, 2.45) is 0 Å². The smallest absolute Gasteiger partial charge is 0.340 e. The van der Waals surface area contributed by atoms with E-state index in [0.717, 1.165) is 24.3 Å². The van der Waals surface area contributed by atoms with Crippen LogP contribution in [-0.2, 0) is 20.7 Å². The zero-order chi connectivity index (χ0) is 19.9. The number of morpholine rings is 1. The van der Waals surface area contributed by atoms with Crippen LogP contribution in [0.25, 0.3) is 0 Å². The molecule has 0 unspecified atom stereocenters. The lowest BCUT2D eigenvalue weighted by Crippen LogP contribution is -2.36. The number of nitrogens with zero attached hydrogens (tertiary/aromatic N) is 1. The summed E-state index contributed by atoms with van der Waals surface area (Å²) in [4.78, 5) is 26.7. The third-order valence-corrected chi connectivity index (χ3v) is 4.59. The Labute approximate surface area is 163 Å². The van der Waals surface area contributed by atoms with Crippen molar-refractivity contribution < 1.29 is 23.5 Å². The number of hydrogen-bond donors (Lipinski definition) is 1. The summed E-state index contributed by atoms with van der Waals surface area (Å²) in [6.07, 6.45) is 0.582. The van der Waals surface area contributed by atoms with Crippen LogP contribution in [0.3, 0.4) is 0 Å². The van der Waals surface area contributed by atoms with Gasteiger partial charge in [0.15, 0.2) is 0 Å². The third-order valence-electron chi connectivity index (χ3n) is 4.59. The van der Waals surface area contributed by atoms with Crippen molar-refractivity contribution in [1.29, 1.82) is 0 Å². The topological polar surface area (TPSA) is 67.9 Å². The summed E-state index contributed by atoms with van der Waals surface area (Å²) in [5, 5.41) is 2.76. The van der Waals surface area contributed by atoms with E-state index in [1.807, 2.05) is 6.07 Å². The summed E-state index contributed by atoms with van der Waals surface area (Å²) >= 11 is 0. The molecule has 0 aromatic heterocycles. The second kappa shape index (κ2) is 9.32. The summed E-state index contributed by atoms with van der Waals surface area (Å²) in [6.45, 7) is 2.73. The molecule has 1 N–H and O–H groups in total. The fourth-order valence-electron chi connectivity index (χ4n) is 3.10. The molecular weight excluding hydrogens is 363 g/mol.